The fourth-order valence-electron chi connectivity index (χ4n) is 5.52. The summed E-state index contributed by atoms with van der Waals surface area (Å²) in [6.45, 7) is 13.2. The van der Waals surface area contributed by atoms with Crippen LogP contribution in [0.2, 0.25) is 0 Å². The number of Topliss-reactive ketones (excluding diaryl/α,β-unsaturated/α-hetero) is 2. The van der Waals surface area contributed by atoms with Gasteiger partial charge in [0.2, 0.25) is 0 Å². The quantitative estimate of drug-likeness (QED) is 0.174. The van der Waals surface area contributed by atoms with Crippen LogP contribution in [0.15, 0.2) is 65.1 Å². The Morgan fingerprint density at radius 2 is 1.54 bits per heavy atom. The lowest BCUT2D eigenvalue weighted by Crippen LogP contribution is -2.18. The summed E-state index contributed by atoms with van der Waals surface area (Å²) in [6, 6.07) is 18.9. The maximum Gasteiger partial charge on any atom is 0.181 e. The smallest absolute Gasteiger partial charge is 0.181 e. The highest BCUT2D eigenvalue weighted by Gasteiger charge is 2.41. The third kappa shape index (κ3) is 5.54. The van der Waals surface area contributed by atoms with Crippen molar-refractivity contribution in [2.45, 2.75) is 71.1 Å². The van der Waals surface area contributed by atoms with Crippen molar-refractivity contribution < 1.29 is 19.4 Å². The van der Waals surface area contributed by atoms with Gasteiger partial charge in [-0.2, -0.15) is 0 Å². The number of fused-ring (bicyclic) bond motifs is 2. The van der Waals surface area contributed by atoms with Gasteiger partial charge in [0, 0.05) is 21.0 Å². The van der Waals surface area contributed by atoms with Crippen LogP contribution in [0, 0.1) is 0 Å². The van der Waals surface area contributed by atoms with Crippen molar-refractivity contribution in [2.24, 2.45) is 0 Å². The summed E-state index contributed by atoms with van der Waals surface area (Å²) >= 11 is 3.42. The molecule has 1 unspecified atom stereocenters. The highest BCUT2D eigenvalue weighted by molar-refractivity contribution is 9.10. The van der Waals surface area contributed by atoms with E-state index in [9.17, 15) is 14.7 Å². The van der Waals surface area contributed by atoms with Crippen LogP contribution >= 0.6 is 15.9 Å². The summed E-state index contributed by atoms with van der Waals surface area (Å²) in [6.07, 6.45) is 1.57. The molecule has 1 aromatic heterocycles. The summed E-state index contributed by atoms with van der Waals surface area (Å²) in [5.74, 6) is -0.407. The lowest BCUT2D eigenvalue weighted by Gasteiger charge is -2.28. The molecule has 0 saturated heterocycles. The second kappa shape index (κ2) is 10.7. The second-order valence-electron chi connectivity index (χ2n) is 12.9. The van der Waals surface area contributed by atoms with Gasteiger partial charge in [-0.1, -0.05) is 99.9 Å². The Labute approximate surface area is 250 Å². The first kappa shape index (κ1) is 29.0. The number of ether oxygens (including phenoxy) is 1. The van der Waals surface area contributed by atoms with Gasteiger partial charge in [-0.3, -0.25) is 9.59 Å². The van der Waals surface area contributed by atoms with Crippen molar-refractivity contribution in [3.05, 3.63) is 98.6 Å². The SMILES string of the molecule is CC(C)(C)c1cc(CCCOc2cccc3ccc(C4C(=O)c5cccc(Br)c5C4=O)nc23)cc(C(C)(C)C)c1O. The van der Waals surface area contributed by atoms with Crippen LogP contribution in [-0.4, -0.2) is 28.3 Å². The molecule has 4 aromatic rings. The van der Waals surface area contributed by atoms with Gasteiger partial charge in [-0.25, -0.2) is 4.98 Å². The van der Waals surface area contributed by atoms with Crippen LogP contribution in [0.25, 0.3) is 10.9 Å². The molecule has 0 amide bonds. The number of rotatable bonds is 6. The van der Waals surface area contributed by atoms with E-state index in [0.29, 0.717) is 44.9 Å². The molecule has 0 saturated carbocycles. The molecule has 0 aliphatic heterocycles. The fourth-order valence-corrected chi connectivity index (χ4v) is 6.08. The number of nitrogens with zero attached hydrogens (tertiary/aromatic N) is 1. The van der Waals surface area contributed by atoms with Crippen LogP contribution in [0.4, 0.5) is 0 Å². The molecule has 212 valence electrons. The molecular weight excluding hydrogens is 578 g/mol. The van der Waals surface area contributed by atoms with E-state index in [0.717, 1.165) is 29.4 Å². The summed E-state index contributed by atoms with van der Waals surface area (Å²) in [5, 5.41) is 11.9. The van der Waals surface area contributed by atoms with Crippen molar-refractivity contribution in [3.8, 4) is 11.5 Å². The molecule has 1 aliphatic rings. The standard InChI is InChI=1S/C35H36BrNO4/c1-34(2,3)23-18-20(19-24(32(23)39)35(4,5)6)10-9-17-41-27-14-7-11-21-15-16-26(37-30(21)27)29-31(38)22-12-8-13-25(36)28(22)33(29)40/h7-8,11-16,18-19,29,39H,9-10,17H2,1-6H3. The van der Waals surface area contributed by atoms with Crippen LogP contribution in [-0.2, 0) is 17.3 Å². The van der Waals surface area contributed by atoms with Crippen molar-refractivity contribution in [3.63, 3.8) is 0 Å². The molecule has 1 N–H and O–H groups in total. The number of aromatic hydroxyl groups is 1. The van der Waals surface area contributed by atoms with Gasteiger partial charge in [0.25, 0.3) is 0 Å². The maximum atomic E-state index is 13.3. The van der Waals surface area contributed by atoms with Crippen molar-refractivity contribution in [1.29, 1.82) is 0 Å². The Morgan fingerprint density at radius 1 is 0.878 bits per heavy atom. The average Bonchev–Trinajstić information content (AvgIpc) is 3.16. The first-order valence-corrected chi connectivity index (χ1v) is 14.8. The first-order chi connectivity index (χ1) is 19.3. The minimum atomic E-state index is -0.954. The Kier molecular flexibility index (Phi) is 7.58. The molecule has 1 atom stereocenters. The van der Waals surface area contributed by atoms with E-state index in [4.69, 9.17) is 9.72 Å². The predicted octanol–water partition coefficient (Wildman–Crippen LogP) is 8.47. The molecule has 5 nitrogen and oxygen atoms in total. The van der Waals surface area contributed by atoms with E-state index in [1.165, 1.54) is 5.56 Å². The molecule has 6 heteroatoms. The fraction of sp³-hybridized carbons (Fsp3) is 0.343. The van der Waals surface area contributed by atoms with E-state index in [-0.39, 0.29) is 22.4 Å². The monoisotopic (exact) mass is 613 g/mol. The van der Waals surface area contributed by atoms with Gasteiger partial charge in [0.05, 0.1) is 12.3 Å². The topological polar surface area (TPSA) is 76.5 Å². The van der Waals surface area contributed by atoms with E-state index < -0.39 is 5.92 Å². The number of aromatic nitrogens is 1. The van der Waals surface area contributed by atoms with Gasteiger partial charge in [0.1, 0.15) is 22.9 Å². The normalized spacial score (nSPS) is 15.4. The lowest BCUT2D eigenvalue weighted by molar-refractivity contribution is 0.0888. The van der Waals surface area contributed by atoms with Gasteiger partial charge in [-0.15, -0.1) is 0 Å². The lowest BCUT2D eigenvalue weighted by atomic mass is 9.78. The number of phenols is 1. The Hall–Kier alpha value is -3.51. The van der Waals surface area contributed by atoms with Crippen LogP contribution in [0.3, 0.4) is 0 Å². The van der Waals surface area contributed by atoms with Crippen LogP contribution in [0.1, 0.15) is 97.0 Å². The number of aryl methyl sites for hydroxylation is 1. The van der Waals surface area contributed by atoms with Crippen LogP contribution < -0.4 is 4.74 Å². The minimum Gasteiger partial charge on any atom is -0.507 e. The van der Waals surface area contributed by atoms with E-state index in [1.54, 1.807) is 24.3 Å². The number of phenolic OH excluding ortho intramolecular Hbond substituents is 1. The third-order valence-electron chi connectivity index (χ3n) is 7.70. The summed E-state index contributed by atoms with van der Waals surface area (Å²) in [7, 11) is 0. The van der Waals surface area contributed by atoms with Gasteiger partial charge < -0.3 is 9.84 Å². The molecule has 41 heavy (non-hydrogen) atoms. The number of pyridine rings is 1. The molecule has 0 bridgehead atoms. The van der Waals surface area contributed by atoms with E-state index in [1.807, 2.05) is 24.3 Å². The van der Waals surface area contributed by atoms with Gasteiger partial charge in [-0.05, 0) is 58.6 Å². The maximum absolute atomic E-state index is 13.3. The number of halogens is 1. The molecule has 1 heterocycles. The van der Waals surface area contributed by atoms with E-state index in [2.05, 4.69) is 69.6 Å². The number of carbonyl (C=O) groups is 2. The molecule has 0 fully saturated rings. The number of benzene rings is 3. The molecular formula is C35H36BrNO4. The predicted molar refractivity (Wildman–Crippen MR) is 167 cm³/mol. The number of hydrogen-bond donors (Lipinski definition) is 1. The van der Waals surface area contributed by atoms with Gasteiger partial charge >= 0.3 is 0 Å². The molecule has 1 aliphatic carbocycles. The molecule has 3 aromatic carbocycles. The van der Waals surface area contributed by atoms with Gasteiger partial charge in [0.15, 0.2) is 11.6 Å². The summed E-state index contributed by atoms with van der Waals surface area (Å²) in [5.41, 5.74) is 4.64. The molecule has 0 radical (unpaired) electrons. The molecule has 5 rings (SSSR count). The summed E-state index contributed by atoms with van der Waals surface area (Å²) in [4.78, 5) is 31.2. The minimum absolute atomic E-state index is 0.178. The third-order valence-corrected chi connectivity index (χ3v) is 8.36. The zero-order valence-corrected chi connectivity index (χ0v) is 26.1. The van der Waals surface area contributed by atoms with Crippen LogP contribution in [0.5, 0.6) is 11.5 Å². The molecule has 0 spiro atoms. The summed E-state index contributed by atoms with van der Waals surface area (Å²) < 4.78 is 6.85. The highest BCUT2D eigenvalue weighted by Crippen LogP contribution is 2.40. The highest BCUT2D eigenvalue weighted by atomic mass is 79.9. The number of carbonyl (C=O) groups excluding carboxylic acids is 2. The number of para-hydroxylation sites is 1. The zero-order chi connectivity index (χ0) is 29.7. The number of hydrogen-bond acceptors (Lipinski definition) is 5. The zero-order valence-electron chi connectivity index (χ0n) is 24.5. The Balaban J connectivity index is 1.36. The van der Waals surface area contributed by atoms with Crippen molar-refractivity contribution in [2.75, 3.05) is 6.61 Å². The largest absolute Gasteiger partial charge is 0.507 e. The Morgan fingerprint density at radius 3 is 2.17 bits per heavy atom. The van der Waals surface area contributed by atoms with E-state index >= 15 is 0 Å². The van der Waals surface area contributed by atoms with Crippen molar-refractivity contribution in [1.82, 2.24) is 4.98 Å². The second-order valence-corrected chi connectivity index (χ2v) is 13.7. The average molecular weight is 615 g/mol. The Bertz CT molecular complexity index is 1640. The first-order valence-electron chi connectivity index (χ1n) is 14.0. The van der Waals surface area contributed by atoms with Crippen molar-refractivity contribution >= 4 is 38.4 Å². The number of ketones is 2.